The van der Waals surface area contributed by atoms with Crippen molar-refractivity contribution in [2.45, 2.75) is 23.9 Å². The molecule has 9 heteroatoms. The number of rotatable bonds is 5. The summed E-state index contributed by atoms with van der Waals surface area (Å²) in [7, 11) is -3.90. The van der Waals surface area contributed by atoms with Crippen LogP contribution in [0.1, 0.15) is 29.5 Å². The summed E-state index contributed by atoms with van der Waals surface area (Å²) in [4.78, 5) is -0.113. The topological polar surface area (TPSA) is 60.2 Å². The highest BCUT2D eigenvalue weighted by Crippen LogP contribution is 2.50. The maximum atomic E-state index is 13.7. The first-order valence-electron chi connectivity index (χ1n) is 8.64. The predicted octanol–water partition coefficient (Wildman–Crippen LogP) is 4.98. The van der Waals surface area contributed by atoms with Crippen LogP contribution in [-0.2, 0) is 16.2 Å². The van der Waals surface area contributed by atoms with Gasteiger partial charge in [0.25, 0.3) is 0 Å². The summed E-state index contributed by atoms with van der Waals surface area (Å²) < 4.78 is 88.7. The number of hydrogen-bond acceptors (Lipinski definition) is 2. The monoisotopic (exact) mass is 431 g/mol. The minimum Gasteiger partial charge on any atom is -0.250 e. The molecule has 0 aromatic heterocycles. The lowest BCUT2D eigenvalue weighted by Gasteiger charge is -2.22. The van der Waals surface area contributed by atoms with Gasteiger partial charge in [-0.05, 0) is 59.4 Å². The minimum absolute atomic E-state index is 0.0254. The van der Waals surface area contributed by atoms with Crippen LogP contribution in [0.4, 0.5) is 22.0 Å². The molecule has 0 aliphatic heterocycles. The third-order valence-corrected chi connectivity index (χ3v) is 6.06. The molecule has 1 aliphatic carbocycles. The number of primary sulfonamides is 1. The molecule has 3 rings (SSSR count). The molecule has 1 aliphatic rings. The fraction of sp³-hybridized carbons (Fsp3) is 0.300. The van der Waals surface area contributed by atoms with Gasteiger partial charge in [-0.15, -0.1) is 0 Å². The highest BCUT2D eigenvalue weighted by molar-refractivity contribution is 7.89. The first-order valence-corrected chi connectivity index (χ1v) is 10.2. The van der Waals surface area contributed by atoms with Crippen LogP contribution in [0.5, 0.6) is 0 Å². The Kier molecular flexibility index (Phi) is 5.57. The number of nitrogens with two attached hydrogens (primary N) is 1. The van der Waals surface area contributed by atoms with E-state index >= 15 is 0 Å². The van der Waals surface area contributed by atoms with Gasteiger partial charge in [-0.1, -0.05) is 24.3 Å². The van der Waals surface area contributed by atoms with Crippen molar-refractivity contribution in [3.63, 3.8) is 0 Å². The smallest absolute Gasteiger partial charge is 0.250 e. The van der Waals surface area contributed by atoms with Crippen LogP contribution in [0, 0.1) is 5.41 Å². The van der Waals surface area contributed by atoms with Gasteiger partial charge in [0, 0.05) is 5.41 Å². The summed E-state index contributed by atoms with van der Waals surface area (Å²) in [6.07, 6.45) is -4.42. The number of hydrogen-bond donors (Lipinski definition) is 1. The first kappa shape index (κ1) is 21.4. The third kappa shape index (κ3) is 4.35. The third-order valence-electron chi connectivity index (χ3n) is 5.13. The Balaban J connectivity index is 2.08. The van der Waals surface area contributed by atoms with Crippen LogP contribution < -0.4 is 5.14 Å². The Bertz CT molecular complexity index is 1020. The molecule has 0 amide bonds. The van der Waals surface area contributed by atoms with Crippen LogP contribution in [0.25, 0.3) is 11.1 Å². The highest BCUT2D eigenvalue weighted by atomic mass is 32.2. The summed E-state index contributed by atoms with van der Waals surface area (Å²) in [5.74, 6) is 0. The molecule has 3 nitrogen and oxygen atoms in total. The molecule has 2 N–H and O–H groups in total. The lowest BCUT2D eigenvalue weighted by molar-refractivity contribution is -0.137. The second kappa shape index (κ2) is 7.53. The SMILES string of the molecule is NS(=O)(=O)c1ccc(C2=C(c3ccc(C(F)(F)F)cc3)CC(CF)(CF)C2)cc1. The number of allylic oxidation sites excluding steroid dienone is 2. The molecule has 156 valence electrons. The molecule has 0 spiro atoms. The van der Waals surface area contributed by atoms with Crippen molar-refractivity contribution in [3.05, 3.63) is 65.2 Å². The van der Waals surface area contributed by atoms with Gasteiger partial charge in [0.15, 0.2) is 0 Å². The van der Waals surface area contributed by atoms with Gasteiger partial charge in [0.05, 0.1) is 23.8 Å². The number of benzene rings is 2. The van der Waals surface area contributed by atoms with Crippen LogP contribution in [-0.4, -0.2) is 21.8 Å². The largest absolute Gasteiger partial charge is 0.416 e. The van der Waals surface area contributed by atoms with E-state index in [1.165, 1.54) is 36.4 Å². The summed E-state index contributed by atoms with van der Waals surface area (Å²) in [5, 5.41) is 5.08. The average Bonchev–Trinajstić information content (AvgIpc) is 3.07. The van der Waals surface area contributed by atoms with Crippen molar-refractivity contribution >= 4 is 21.2 Å². The van der Waals surface area contributed by atoms with Crippen molar-refractivity contribution in [3.8, 4) is 0 Å². The first-order chi connectivity index (χ1) is 13.5. The van der Waals surface area contributed by atoms with Crippen molar-refractivity contribution in [2.75, 3.05) is 13.3 Å². The molecule has 0 fully saturated rings. The maximum absolute atomic E-state index is 13.7. The van der Waals surface area contributed by atoms with Crippen LogP contribution in [0.15, 0.2) is 53.4 Å². The van der Waals surface area contributed by atoms with E-state index in [4.69, 9.17) is 5.14 Å². The van der Waals surface area contributed by atoms with Gasteiger partial charge in [0.2, 0.25) is 10.0 Å². The van der Waals surface area contributed by atoms with Crippen molar-refractivity contribution in [1.29, 1.82) is 0 Å². The average molecular weight is 431 g/mol. The molecule has 0 radical (unpaired) electrons. The molecule has 2 aromatic rings. The van der Waals surface area contributed by atoms with E-state index in [0.717, 1.165) is 12.1 Å². The van der Waals surface area contributed by atoms with E-state index in [1.54, 1.807) is 0 Å². The van der Waals surface area contributed by atoms with Gasteiger partial charge in [-0.3, -0.25) is 8.78 Å². The van der Waals surface area contributed by atoms with Gasteiger partial charge in [-0.25, -0.2) is 13.6 Å². The highest BCUT2D eigenvalue weighted by Gasteiger charge is 2.40. The van der Waals surface area contributed by atoms with Crippen molar-refractivity contribution < 1.29 is 30.4 Å². The normalized spacial score (nSPS) is 17.0. The molecule has 0 saturated carbocycles. The molecule has 0 atom stereocenters. The quantitative estimate of drug-likeness (QED) is 0.679. The Morgan fingerprint density at radius 3 is 1.59 bits per heavy atom. The number of sulfonamides is 1. The lowest BCUT2D eigenvalue weighted by atomic mass is 9.85. The predicted molar refractivity (Wildman–Crippen MR) is 99.7 cm³/mol. The van der Waals surface area contributed by atoms with Gasteiger partial charge >= 0.3 is 6.18 Å². The second-order valence-electron chi connectivity index (χ2n) is 7.22. The Hall–Kier alpha value is -2.26. The zero-order valence-electron chi connectivity index (χ0n) is 15.1. The van der Waals surface area contributed by atoms with Crippen LogP contribution >= 0.6 is 0 Å². The summed E-state index contributed by atoms with van der Waals surface area (Å²) in [5.41, 5.74) is -0.0191. The van der Waals surface area contributed by atoms with Crippen molar-refractivity contribution in [2.24, 2.45) is 10.6 Å². The molecular weight excluding hydrogens is 413 g/mol. The Labute approximate surface area is 165 Å². The zero-order chi connectivity index (χ0) is 21.4. The lowest BCUT2D eigenvalue weighted by Crippen LogP contribution is -2.22. The molecular formula is C20H18F5NO2S. The Morgan fingerprint density at radius 1 is 0.828 bits per heavy atom. The summed E-state index contributed by atoms with van der Waals surface area (Å²) in [6.45, 7) is -1.85. The zero-order valence-corrected chi connectivity index (χ0v) is 16.0. The van der Waals surface area contributed by atoms with E-state index in [2.05, 4.69) is 0 Å². The van der Waals surface area contributed by atoms with E-state index in [9.17, 15) is 30.4 Å². The van der Waals surface area contributed by atoms with E-state index < -0.39 is 40.5 Å². The second-order valence-corrected chi connectivity index (χ2v) is 8.78. The maximum Gasteiger partial charge on any atom is 0.416 e. The van der Waals surface area contributed by atoms with E-state index in [0.29, 0.717) is 22.3 Å². The van der Waals surface area contributed by atoms with Gasteiger partial charge < -0.3 is 0 Å². The van der Waals surface area contributed by atoms with Gasteiger partial charge in [0.1, 0.15) is 0 Å². The minimum atomic E-state index is -4.49. The van der Waals surface area contributed by atoms with Crippen LogP contribution in [0.2, 0.25) is 0 Å². The fourth-order valence-electron chi connectivity index (χ4n) is 3.51. The van der Waals surface area contributed by atoms with Gasteiger partial charge in [-0.2, -0.15) is 13.2 Å². The summed E-state index contributed by atoms with van der Waals surface area (Å²) >= 11 is 0. The fourth-order valence-corrected chi connectivity index (χ4v) is 4.02. The molecule has 0 bridgehead atoms. The Morgan fingerprint density at radius 2 is 1.24 bits per heavy atom. The molecule has 0 unspecified atom stereocenters. The molecule has 0 heterocycles. The molecule has 2 aromatic carbocycles. The van der Waals surface area contributed by atoms with E-state index in [1.807, 2.05) is 0 Å². The molecule has 29 heavy (non-hydrogen) atoms. The standard InChI is InChI=1S/C20H18F5NO2S/c21-11-19(12-22)9-17(13-1-5-15(6-2-13)20(23,24)25)18(10-19)14-3-7-16(8-4-14)29(26,27)28/h1-8H,9-12H2,(H2,26,27,28). The van der Waals surface area contributed by atoms with Crippen molar-refractivity contribution in [1.82, 2.24) is 0 Å². The number of halogens is 5. The van der Waals surface area contributed by atoms with E-state index in [-0.39, 0.29) is 17.7 Å². The summed E-state index contributed by atoms with van der Waals surface area (Å²) in [6, 6.07) is 9.94. The molecule has 0 saturated heterocycles. The van der Waals surface area contributed by atoms with Crippen LogP contribution in [0.3, 0.4) is 0 Å². The number of alkyl halides is 5.